The van der Waals surface area contributed by atoms with Crippen LogP contribution in [0.1, 0.15) is 37.3 Å². The van der Waals surface area contributed by atoms with Crippen molar-refractivity contribution in [1.29, 1.82) is 5.26 Å². The minimum Gasteiger partial charge on any atom is -0.507 e. The molecule has 0 aliphatic heterocycles. The molecule has 1 aromatic carbocycles. The molecule has 14 heavy (non-hydrogen) atoms. The van der Waals surface area contributed by atoms with Gasteiger partial charge in [-0.2, -0.15) is 5.26 Å². The van der Waals surface area contributed by atoms with Crippen LogP contribution in [-0.2, 0) is 6.42 Å². The van der Waals surface area contributed by atoms with Crippen LogP contribution in [0.5, 0.6) is 5.75 Å². The van der Waals surface area contributed by atoms with Gasteiger partial charge in [-0.1, -0.05) is 32.0 Å². The number of hydrogen-bond donors (Lipinski definition) is 1. The normalized spacial score (nSPS) is 12.1. The molecule has 0 heterocycles. The topological polar surface area (TPSA) is 44.0 Å². The number of para-hydroxylation sites is 1. The average Bonchev–Trinajstić information content (AvgIpc) is 2.22. The fraction of sp³-hybridized carbons (Fsp3) is 0.417. The molecular weight excluding hydrogens is 174 g/mol. The fourth-order valence-electron chi connectivity index (χ4n) is 1.56. The lowest BCUT2D eigenvalue weighted by Crippen LogP contribution is -1.96. The van der Waals surface area contributed by atoms with Crippen molar-refractivity contribution < 1.29 is 5.11 Å². The summed E-state index contributed by atoms with van der Waals surface area (Å²) in [6, 6.07) is 7.81. The predicted octanol–water partition coefficient (Wildman–Crippen LogP) is 2.97. The Bertz CT molecular complexity index is 352. The summed E-state index contributed by atoms with van der Waals surface area (Å²) in [6.45, 7) is 3.94. The van der Waals surface area contributed by atoms with Crippen molar-refractivity contribution >= 4 is 0 Å². The molecule has 0 spiro atoms. The van der Waals surface area contributed by atoms with E-state index in [9.17, 15) is 5.11 Å². The molecule has 0 aliphatic rings. The molecule has 0 bridgehead atoms. The maximum absolute atomic E-state index is 9.87. The summed E-state index contributed by atoms with van der Waals surface area (Å²) in [7, 11) is 0. The third-order valence-corrected chi connectivity index (χ3v) is 2.47. The Balaban J connectivity index is 3.15. The third kappa shape index (κ3) is 1.88. The van der Waals surface area contributed by atoms with E-state index in [1.807, 2.05) is 32.0 Å². The number of aromatic hydroxyl groups is 1. The van der Waals surface area contributed by atoms with Crippen molar-refractivity contribution in [3.63, 3.8) is 0 Å². The van der Waals surface area contributed by atoms with Gasteiger partial charge >= 0.3 is 0 Å². The summed E-state index contributed by atoms with van der Waals surface area (Å²) in [5.41, 5.74) is 1.67. The van der Waals surface area contributed by atoms with Gasteiger partial charge in [0.1, 0.15) is 5.75 Å². The first-order valence-electron chi connectivity index (χ1n) is 4.94. The van der Waals surface area contributed by atoms with Crippen molar-refractivity contribution in [3.8, 4) is 11.8 Å². The van der Waals surface area contributed by atoms with Crippen LogP contribution in [0.2, 0.25) is 0 Å². The van der Waals surface area contributed by atoms with E-state index in [1.165, 1.54) is 0 Å². The predicted molar refractivity (Wildman–Crippen MR) is 56.1 cm³/mol. The van der Waals surface area contributed by atoms with E-state index in [-0.39, 0.29) is 5.92 Å². The quantitative estimate of drug-likeness (QED) is 0.794. The van der Waals surface area contributed by atoms with Crippen LogP contribution in [0.15, 0.2) is 18.2 Å². The van der Waals surface area contributed by atoms with E-state index in [1.54, 1.807) is 0 Å². The minimum atomic E-state index is -0.193. The number of nitriles is 1. The fourth-order valence-corrected chi connectivity index (χ4v) is 1.56. The van der Waals surface area contributed by atoms with Crippen LogP contribution < -0.4 is 0 Å². The highest BCUT2D eigenvalue weighted by Gasteiger charge is 2.14. The summed E-state index contributed by atoms with van der Waals surface area (Å²) in [5.74, 6) is 0.102. The molecule has 1 aromatic rings. The van der Waals surface area contributed by atoms with Gasteiger partial charge in [-0.15, -0.1) is 0 Å². The summed E-state index contributed by atoms with van der Waals surface area (Å²) in [4.78, 5) is 0. The first kappa shape index (κ1) is 10.6. The van der Waals surface area contributed by atoms with Gasteiger partial charge in [-0.25, -0.2) is 0 Å². The molecule has 2 nitrogen and oxygen atoms in total. The SMILES string of the molecule is CCc1cccc(C(C#N)CC)c1O. The van der Waals surface area contributed by atoms with Gasteiger partial charge in [0.15, 0.2) is 0 Å². The molecule has 2 heteroatoms. The summed E-state index contributed by atoms with van der Waals surface area (Å²) < 4.78 is 0. The Kier molecular flexibility index (Phi) is 3.53. The second-order valence-electron chi connectivity index (χ2n) is 3.30. The molecule has 74 valence electrons. The van der Waals surface area contributed by atoms with Crippen LogP contribution >= 0.6 is 0 Å². The molecule has 1 rings (SSSR count). The average molecular weight is 189 g/mol. The number of benzene rings is 1. The zero-order chi connectivity index (χ0) is 10.6. The molecule has 1 unspecified atom stereocenters. The van der Waals surface area contributed by atoms with E-state index in [4.69, 9.17) is 5.26 Å². The van der Waals surface area contributed by atoms with Crippen LogP contribution in [0, 0.1) is 11.3 Å². The Morgan fingerprint density at radius 2 is 2.14 bits per heavy atom. The number of nitrogens with zero attached hydrogens (tertiary/aromatic N) is 1. The second kappa shape index (κ2) is 4.66. The third-order valence-electron chi connectivity index (χ3n) is 2.47. The van der Waals surface area contributed by atoms with E-state index >= 15 is 0 Å². The van der Waals surface area contributed by atoms with Crippen molar-refractivity contribution in [2.45, 2.75) is 32.6 Å². The number of phenols is 1. The molecule has 0 fully saturated rings. The van der Waals surface area contributed by atoms with Crippen molar-refractivity contribution in [3.05, 3.63) is 29.3 Å². The van der Waals surface area contributed by atoms with Gasteiger partial charge in [0.25, 0.3) is 0 Å². The molecule has 0 aliphatic carbocycles. The van der Waals surface area contributed by atoms with Crippen LogP contribution in [0.3, 0.4) is 0 Å². The first-order chi connectivity index (χ1) is 6.74. The van der Waals surface area contributed by atoms with Gasteiger partial charge < -0.3 is 5.11 Å². The molecule has 0 aromatic heterocycles. The molecule has 1 N–H and O–H groups in total. The summed E-state index contributed by atoms with van der Waals surface area (Å²) >= 11 is 0. The standard InChI is InChI=1S/C12H15NO/c1-3-9-6-5-7-11(12(9)14)10(4-2)8-13/h5-7,10,14H,3-4H2,1-2H3. The Hall–Kier alpha value is -1.49. The lowest BCUT2D eigenvalue weighted by molar-refractivity contribution is 0.458. The zero-order valence-electron chi connectivity index (χ0n) is 8.62. The smallest absolute Gasteiger partial charge is 0.123 e. The minimum absolute atomic E-state index is 0.193. The van der Waals surface area contributed by atoms with Gasteiger partial charge in [-0.05, 0) is 18.4 Å². The highest BCUT2D eigenvalue weighted by Crippen LogP contribution is 2.30. The molecule has 0 amide bonds. The zero-order valence-corrected chi connectivity index (χ0v) is 8.62. The van der Waals surface area contributed by atoms with Crippen molar-refractivity contribution in [2.24, 2.45) is 0 Å². The van der Waals surface area contributed by atoms with Crippen molar-refractivity contribution in [2.75, 3.05) is 0 Å². The summed E-state index contributed by atoms with van der Waals surface area (Å²) in [5, 5.41) is 18.8. The molecule has 0 saturated carbocycles. The number of rotatable bonds is 3. The molecule has 0 radical (unpaired) electrons. The van der Waals surface area contributed by atoms with Gasteiger partial charge in [0.2, 0.25) is 0 Å². The lowest BCUT2D eigenvalue weighted by atomic mass is 9.94. The van der Waals surface area contributed by atoms with Gasteiger partial charge in [-0.3, -0.25) is 0 Å². The van der Waals surface area contributed by atoms with E-state index < -0.39 is 0 Å². The van der Waals surface area contributed by atoms with E-state index in [0.717, 1.165) is 24.0 Å². The van der Waals surface area contributed by atoms with Gasteiger partial charge in [0, 0.05) is 5.56 Å². The highest BCUT2D eigenvalue weighted by molar-refractivity contribution is 5.44. The second-order valence-corrected chi connectivity index (χ2v) is 3.30. The number of phenolic OH excluding ortho intramolecular Hbond substituents is 1. The largest absolute Gasteiger partial charge is 0.507 e. The van der Waals surface area contributed by atoms with E-state index in [2.05, 4.69) is 6.07 Å². The first-order valence-corrected chi connectivity index (χ1v) is 4.94. The molecule has 1 atom stereocenters. The van der Waals surface area contributed by atoms with Crippen LogP contribution in [0.25, 0.3) is 0 Å². The van der Waals surface area contributed by atoms with Crippen LogP contribution in [0.4, 0.5) is 0 Å². The number of hydrogen-bond acceptors (Lipinski definition) is 2. The van der Waals surface area contributed by atoms with Crippen LogP contribution in [-0.4, -0.2) is 5.11 Å². The number of aryl methyl sites for hydroxylation is 1. The van der Waals surface area contributed by atoms with E-state index in [0.29, 0.717) is 5.75 Å². The van der Waals surface area contributed by atoms with Gasteiger partial charge in [0.05, 0.1) is 12.0 Å². The van der Waals surface area contributed by atoms with Crippen molar-refractivity contribution in [1.82, 2.24) is 0 Å². The Labute approximate surface area is 84.8 Å². The summed E-state index contributed by atoms with van der Waals surface area (Å²) in [6.07, 6.45) is 1.53. The Morgan fingerprint density at radius 3 is 2.64 bits per heavy atom. The monoisotopic (exact) mass is 189 g/mol. The molecular formula is C12H15NO. The maximum Gasteiger partial charge on any atom is 0.123 e. The highest BCUT2D eigenvalue weighted by atomic mass is 16.3. The lowest BCUT2D eigenvalue weighted by Gasteiger charge is -2.11. The Morgan fingerprint density at radius 1 is 1.43 bits per heavy atom. The molecule has 0 saturated heterocycles. The maximum atomic E-state index is 9.87.